The second kappa shape index (κ2) is 5.65. The molecule has 19 heavy (non-hydrogen) atoms. The molecule has 0 amide bonds. The van der Waals surface area contributed by atoms with Crippen LogP contribution in [0.2, 0.25) is 0 Å². The van der Waals surface area contributed by atoms with E-state index in [4.69, 9.17) is 25.8 Å². The summed E-state index contributed by atoms with van der Waals surface area (Å²) in [6, 6.07) is 3.83. The second-order valence-electron chi connectivity index (χ2n) is 5.19. The van der Waals surface area contributed by atoms with Crippen LogP contribution in [0.3, 0.4) is 0 Å². The third-order valence-corrected chi connectivity index (χ3v) is 4.03. The molecule has 5 heteroatoms. The van der Waals surface area contributed by atoms with Crippen LogP contribution in [0.4, 0.5) is 0 Å². The van der Waals surface area contributed by atoms with Crippen LogP contribution < -0.4 is 4.74 Å². The average molecular weight is 284 g/mol. The molecule has 0 aliphatic carbocycles. The molecule has 2 saturated heterocycles. The zero-order valence-electron chi connectivity index (χ0n) is 10.8. The molecule has 0 radical (unpaired) electrons. The van der Waals surface area contributed by atoms with E-state index in [1.54, 1.807) is 6.20 Å². The Kier molecular flexibility index (Phi) is 3.91. The molecule has 2 aliphatic rings. The fraction of sp³-hybridized carbons (Fsp3) is 0.643. The molecule has 2 aliphatic heterocycles. The highest BCUT2D eigenvalue weighted by Crippen LogP contribution is 2.34. The number of pyridine rings is 1. The predicted octanol–water partition coefficient (Wildman–Crippen LogP) is 2.54. The first-order chi connectivity index (χ1) is 9.30. The quantitative estimate of drug-likeness (QED) is 0.800. The Labute approximate surface area is 118 Å². The van der Waals surface area contributed by atoms with E-state index in [9.17, 15) is 0 Å². The van der Waals surface area contributed by atoms with E-state index in [2.05, 4.69) is 4.98 Å². The van der Waals surface area contributed by atoms with Gasteiger partial charge in [-0.3, -0.25) is 4.98 Å². The molecule has 2 fully saturated rings. The SMILES string of the molecule is ClCc1ccc(OC2CCOC3(CCOC3)C2)cn1. The standard InChI is InChI=1S/C14H18ClNO3/c15-8-11-1-2-13(9-16-11)19-12-3-5-18-14(7-12)4-6-17-10-14/h1-2,9,12H,3-8,10H2. The van der Waals surface area contributed by atoms with Gasteiger partial charge in [0.2, 0.25) is 0 Å². The van der Waals surface area contributed by atoms with Crippen molar-refractivity contribution in [2.24, 2.45) is 0 Å². The fourth-order valence-electron chi connectivity index (χ4n) is 2.70. The van der Waals surface area contributed by atoms with Crippen molar-refractivity contribution in [2.75, 3.05) is 19.8 Å². The van der Waals surface area contributed by atoms with Gasteiger partial charge in [-0.1, -0.05) is 0 Å². The van der Waals surface area contributed by atoms with Gasteiger partial charge in [-0.25, -0.2) is 0 Å². The fourth-order valence-corrected chi connectivity index (χ4v) is 2.86. The summed E-state index contributed by atoms with van der Waals surface area (Å²) in [6.07, 6.45) is 4.70. The lowest BCUT2D eigenvalue weighted by atomic mass is 9.91. The lowest BCUT2D eigenvalue weighted by molar-refractivity contribution is -0.112. The van der Waals surface area contributed by atoms with E-state index in [1.807, 2.05) is 12.1 Å². The van der Waals surface area contributed by atoms with Crippen LogP contribution in [0.5, 0.6) is 5.75 Å². The van der Waals surface area contributed by atoms with Gasteiger partial charge in [0.25, 0.3) is 0 Å². The van der Waals surface area contributed by atoms with E-state index in [0.29, 0.717) is 12.5 Å². The Morgan fingerprint density at radius 3 is 3.05 bits per heavy atom. The van der Waals surface area contributed by atoms with Crippen LogP contribution in [0.15, 0.2) is 18.3 Å². The Bertz CT molecular complexity index is 417. The van der Waals surface area contributed by atoms with Gasteiger partial charge in [-0.2, -0.15) is 0 Å². The number of ether oxygens (including phenoxy) is 3. The summed E-state index contributed by atoms with van der Waals surface area (Å²) in [6.45, 7) is 2.22. The third kappa shape index (κ3) is 3.02. The van der Waals surface area contributed by atoms with Crippen molar-refractivity contribution < 1.29 is 14.2 Å². The maximum atomic E-state index is 6.00. The van der Waals surface area contributed by atoms with Crippen molar-refractivity contribution in [2.45, 2.75) is 36.8 Å². The number of alkyl halides is 1. The molecule has 1 aromatic rings. The maximum Gasteiger partial charge on any atom is 0.138 e. The predicted molar refractivity (Wildman–Crippen MR) is 71.6 cm³/mol. The number of hydrogen-bond acceptors (Lipinski definition) is 4. The summed E-state index contributed by atoms with van der Waals surface area (Å²) < 4.78 is 17.4. The molecular weight excluding hydrogens is 266 g/mol. The van der Waals surface area contributed by atoms with Crippen LogP contribution in [-0.2, 0) is 15.4 Å². The molecule has 104 valence electrons. The van der Waals surface area contributed by atoms with Gasteiger partial charge < -0.3 is 14.2 Å². The maximum absolute atomic E-state index is 6.00. The molecule has 1 aromatic heterocycles. The van der Waals surface area contributed by atoms with Crippen molar-refractivity contribution in [1.82, 2.24) is 4.98 Å². The minimum absolute atomic E-state index is 0.119. The number of halogens is 1. The van der Waals surface area contributed by atoms with Crippen LogP contribution in [0.1, 0.15) is 25.0 Å². The highest BCUT2D eigenvalue weighted by Gasteiger charge is 2.41. The summed E-state index contributed by atoms with van der Waals surface area (Å²) in [5.74, 6) is 1.23. The first kappa shape index (κ1) is 13.2. The van der Waals surface area contributed by atoms with Gasteiger partial charge in [0.15, 0.2) is 0 Å². The van der Waals surface area contributed by atoms with Crippen molar-refractivity contribution >= 4 is 11.6 Å². The minimum Gasteiger partial charge on any atom is -0.489 e. The van der Waals surface area contributed by atoms with Crippen molar-refractivity contribution in [3.63, 3.8) is 0 Å². The molecule has 3 heterocycles. The first-order valence-corrected chi connectivity index (χ1v) is 7.22. The van der Waals surface area contributed by atoms with Crippen molar-refractivity contribution in [1.29, 1.82) is 0 Å². The molecule has 2 atom stereocenters. The summed E-state index contributed by atoms with van der Waals surface area (Å²) >= 11 is 5.72. The first-order valence-electron chi connectivity index (χ1n) is 6.69. The van der Waals surface area contributed by atoms with Gasteiger partial charge in [0.1, 0.15) is 11.9 Å². The zero-order chi connectivity index (χ0) is 13.1. The summed E-state index contributed by atoms with van der Waals surface area (Å²) in [4.78, 5) is 4.24. The molecule has 0 saturated carbocycles. The van der Waals surface area contributed by atoms with Gasteiger partial charge in [0, 0.05) is 25.9 Å². The van der Waals surface area contributed by atoms with Gasteiger partial charge in [-0.15, -0.1) is 11.6 Å². The summed E-state index contributed by atoms with van der Waals surface area (Å²) in [5, 5.41) is 0. The average Bonchev–Trinajstić information content (AvgIpc) is 2.88. The molecule has 1 spiro atoms. The Hall–Kier alpha value is -0.840. The lowest BCUT2D eigenvalue weighted by Gasteiger charge is -2.36. The van der Waals surface area contributed by atoms with E-state index >= 15 is 0 Å². The number of rotatable bonds is 3. The molecule has 2 unspecified atom stereocenters. The molecule has 4 nitrogen and oxygen atoms in total. The Balaban J connectivity index is 1.62. The van der Waals surface area contributed by atoms with Crippen LogP contribution in [0.25, 0.3) is 0 Å². The smallest absolute Gasteiger partial charge is 0.138 e. The summed E-state index contributed by atoms with van der Waals surface area (Å²) in [5.41, 5.74) is 0.744. The largest absolute Gasteiger partial charge is 0.489 e. The third-order valence-electron chi connectivity index (χ3n) is 3.75. The second-order valence-corrected chi connectivity index (χ2v) is 5.45. The topological polar surface area (TPSA) is 40.6 Å². The highest BCUT2D eigenvalue weighted by atomic mass is 35.5. The monoisotopic (exact) mass is 283 g/mol. The summed E-state index contributed by atoms with van der Waals surface area (Å²) in [7, 11) is 0. The molecular formula is C14H18ClNO3. The van der Waals surface area contributed by atoms with Crippen molar-refractivity contribution in [3.05, 3.63) is 24.0 Å². The molecule has 3 rings (SSSR count). The minimum atomic E-state index is -0.119. The van der Waals surface area contributed by atoms with Gasteiger partial charge >= 0.3 is 0 Å². The van der Waals surface area contributed by atoms with Gasteiger partial charge in [-0.05, 0) is 12.1 Å². The van der Waals surface area contributed by atoms with Crippen LogP contribution in [0, 0.1) is 0 Å². The van der Waals surface area contributed by atoms with Crippen molar-refractivity contribution in [3.8, 4) is 5.75 Å². The Morgan fingerprint density at radius 1 is 1.42 bits per heavy atom. The van der Waals surface area contributed by atoms with E-state index in [-0.39, 0.29) is 11.7 Å². The molecule has 0 bridgehead atoms. The number of aromatic nitrogens is 1. The van der Waals surface area contributed by atoms with E-state index in [1.165, 1.54) is 0 Å². The molecule has 0 N–H and O–H groups in total. The van der Waals surface area contributed by atoms with Gasteiger partial charge in [0.05, 0.1) is 36.6 Å². The normalized spacial score (nSPS) is 30.7. The zero-order valence-corrected chi connectivity index (χ0v) is 11.6. The Morgan fingerprint density at radius 2 is 2.37 bits per heavy atom. The highest BCUT2D eigenvalue weighted by molar-refractivity contribution is 6.16. The van der Waals surface area contributed by atoms with E-state index in [0.717, 1.165) is 43.9 Å². The number of hydrogen-bond donors (Lipinski definition) is 0. The van der Waals surface area contributed by atoms with Crippen LogP contribution >= 0.6 is 11.6 Å². The lowest BCUT2D eigenvalue weighted by Crippen LogP contribution is -2.44. The molecule has 0 aromatic carbocycles. The number of nitrogens with zero attached hydrogens (tertiary/aromatic N) is 1. The van der Waals surface area contributed by atoms with E-state index < -0.39 is 0 Å². The van der Waals surface area contributed by atoms with Crippen LogP contribution in [-0.4, -0.2) is 36.5 Å².